The van der Waals surface area contributed by atoms with E-state index in [1.54, 1.807) is 19.1 Å². The highest BCUT2D eigenvalue weighted by Gasteiger charge is 2.26. The lowest BCUT2D eigenvalue weighted by molar-refractivity contribution is -0.133. The second-order valence-corrected chi connectivity index (χ2v) is 4.57. The first-order valence-electron chi connectivity index (χ1n) is 6.46. The fourth-order valence-corrected chi connectivity index (χ4v) is 1.96. The maximum atomic E-state index is 11.9. The molecular formula is C14H18N2O3. The summed E-state index contributed by atoms with van der Waals surface area (Å²) in [5.74, 6) is 0.246. The molecule has 0 unspecified atom stereocenters. The van der Waals surface area contributed by atoms with E-state index in [0.717, 1.165) is 6.42 Å². The third-order valence-corrected chi connectivity index (χ3v) is 3.03. The molecule has 2 atom stereocenters. The van der Waals surface area contributed by atoms with E-state index in [1.165, 1.54) is 0 Å². The summed E-state index contributed by atoms with van der Waals surface area (Å²) in [5, 5.41) is 5.44. The fraction of sp³-hybridized carbons (Fsp3) is 0.429. The Morgan fingerprint density at radius 2 is 2.16 bits per heavy atom. The highest BCUT2D eigenvalue weighted by atomic mass is 16.5. The molecule has 0 saturated carbocycles. The number of ether oxygens (including phenoxy) is 1. The highest BCUT2D eigenvalue weighted by Crippen LogP contribution is 2.11. The maximum absolute atomic E-state index is 11.9. The number of nitrogens with one attached hydrogen (secondary N) is 2. The molecule has 2 amide bonds. The van der Waals surface area contributed by atoms with E-state index in [0.29, 0.717) is 18.7 Å². The molecule has 1 aliphatic heterocycles. The minimum atomic E-state index is -0.628. The van der Waals surface area contributed by atoms with Crippen molar-refractivity contribution in [2.75, 3.05) is 6.54 Å². The van der Waals surface area contributed by atoms with Gasteiger partial charge in [-0.05, 0) is 31.9 Å². The number of benzene rings is 1. The number of piperidine rings is 1. The van der Waals surface area contributed by atoms with Crippen LogP contribution in [0.3, 0.4) is 0 Å². The molecule has 102 valence electrons. The molecule has 1 saturated heterocycles. The first-order valence-corrected chi connectivity index (χ1v) is 6.46. The molecule has 19 heavy (non-hydrogen) atoms. The van der Waals surface area contributed by atoms with Crippen LogP contribution in [-0.2, 0) is 9.59 Å². The predicted molar refractivity (Wildman–Crippen MR) is 70.7 cm³/mol. The smallest absolute Gasteiger partial charge is 0.261 e. The second kappa shape index (κ2) is 6.22. The largest absolute Gasteiger partial charge is 0.481 e. The van der Waals surface area contributed by atoms with Crippen LogP contribution in [0.15, 0.2) is 30.3 Å². The van der Waals surface area contributed by atoms with Crippen molar-refractivity contribution in [3.05, 3.63) is 30.3 Å². The van der Waals surface area contributed by atoms with Gasteiger partial charge in [0.2, 0.25) is 5.91 Å². The molecule has 0 radical (unpaired) electrons. The molecule has 1 aromatic rings. The number of rotatable bonds is 4. The van der Waals surface area contributed by atoms with Crippen molar-refractivity contribution >= 4 is 11.8 Å². The van der Waals surface area contributed by atoms with Gasteiger partial charge in [0.25, 0.3) is 5.91 Å². The lowest BCUT2D eigenvalue weighted by Gasteiger charge is -2.24. The summed E-state index contributed by atoms with van der Waals surface area (Å²) in [6.07, 6.45) is 0.928. The van der Waals surface area contributed by atoms with Crippen LogP contribution in [-0.4, -0.2) is 30.5 Å². The Hall–Kier alpha value is -2.04. The Bertz CT molecular complexity index is 447. The molecule has 0 aromatic heterocycles. The van der Waals surface area contributed by atoms with Gasteiger partial charge in [0.15, 0.2) is 6.10 Å². The minimum Gasteiger partial charge on any atom is -0.481 e. The summed E-state index contributed by atoms with van der Waals surface area (Å²) in [6, 6.07) is 8.70. The first-order chi connectivity index (χ1) is 9.16. The number of hydrogen-bond donors (Lipinski definition) is 2. The Morgan fingerprint density at radius 1 is 1.42 bits per heavy atom. The molecule has 2 rings (SSSR count). The van der Waals surface area contributed by atoms with Crippen LogP contribution in [0, 0.1) is 0 Å². The topological polar surface area (TPSA) is 67.4 Å². The van der Waals surface area contributed by atoms with Gasteiger partial charge in [-0.25, -0.2) is 0 Å². The molecule has 1 fully saturated rings. The van der Waals surface area contributed by atoms with E-state index >= 15 is 0 Å². The Balaban J connectivity index is 1.87. The van der Waals surface area contributed by atoms with Crippen LogP contribution in [0.25, 0.3) is 0 Å². The van der Waals surface area contributed by atoms with E-state index in [-0.39, 0.29) is 11.8 Å². The fourth-order valence-electron chi connectivity index (χ4n) is 1.96. The Morgan fingerprint density at radius 3 is 2.84 bits per heavy atom. The van der Waals surface area contributed by atoms with Crippen molar-refractivity contribution in [3.8, 4) is 5.75 Å². The summed E-state index contributed by atoms with van der Waals surface area (Å²) < 4.78 is 5.51. The number of hydrogen-bond acceptors (Lipinski definition) is 3. The van der Waals surface area contributed by atoms with Crippen LogP contribution in [0.4, 0.5) is 0 Å². The van der Waals surface area contributed by atoms with Crippen LogP contribution in [0.2, 0.25) is 0 Å². The molecule has 5 heteroatoms. The van der Waals surface area contributed by atoms with E-state index in [2.05, 4.69) is 10.6 Å². The molecule has 0 bridgehead atoms. The summed E-state index contributed by atoms with van der Waals surface area (Å²) in [7, 11) is 0. The molecule has 0 spiro atoms. The number of carbonyl (C=O) groups is 2. The lowest BCUT2D eigenvalue weighted by Crippen LogP contribution is -2.52. The monoisotopic (exact) mass is 262 g/mol. The zero-order chi connectivity index (χ0) is 13.7. The summed E-state index contributed by atoms with van der Waals surface area (Å²) in [4.78, 5) is 23.5. The molecule has 0 aliphatic carbocycles. The van der Waals surface area contributed by atoms with Crippen LogP contribution in [0.1, 0.15) is 19.8 Å². The zero-order valence-corrected chi connectivity index (χ0v) is 10.9. The van der Waals surface area contributed by atoms with Gasteiger partial charge in [-0.3, -0.25) is 9.59 Å². The molecule has 5 nitrogen and oxygen atoms in total. The van der Waals surface area contributed by atoms with Crippen molar-refractivity contribution in [1.29, 1.82) is 0 Å². The zero-order valence-electron chi connectivity index (χ0n) is 10.9. The van der Waals surface area contributed by atoms with Gasteiger partial charge in [0, 0.05) is 6.54 Å². The minimum absolute atomic E-state index is 0.119. The van der Waals surface area contributed by atoms with Gasteiger partial charge in [-0.15, -0.1) is 0 Å². The van der Waals surface area contributed by atoms with Crippen LogP contribution < -0.4 is 15.4 Å². The average molecular weight is 262 g/mol. The van der Waals surface area contributed by atoms with Gasteiger partial charge in [-0.1, -0.05) is 18.2 Å². The first kappa shape index (κ1) is 13.4. The summed E-state index contributed by atoms with van der Waals surface area (Å²) in [5.41, 5.74) is 0. The standard InChI is InChI=1S/C14H18N2O3/c1-10(19-11-6-3-2-4-7-11)13(17)16-12-8-5-9-15-14(12)18/h2-4,6-7,10,12H,5,8-9H2,1H3,(H,15,18)(H,16,17)/t10-,12+/m0/s1. The lowest BCUT2D eigenvalue weighted by atomic mass is 10.1. The molecule has 1 heterocycles. The number of amides is 2. The van der Waals surface area contributed by atoms with Crippen molar-refractivity contribution in [1.82, 2.24) is 10.6 Å². The molecule has 2 N–H and O–H groups in total. The Labute approximate surface area is 112 Å². The van der Waals surface area contributed by atoms with E-state index in [4.69, 9.17) is 4.74 Å². The van der Waals surface area contributed by atoms with Gasteiger partial charge < -0.3 is 15.4 Å². The second-order valence-electron chi connectivity index (χ2n) is 4.57. The van der Waals surface area contributed by atoms with Gasteiger partial charge >= 0.3 is 0 Å². The van der Waals surface area contributed by atoms with Gasteiger partial charge in [0.1, 0.15) is 11.8 Å². The molecule has 1 aromatic carbocycles. The van der Waals surface area contributed by atoms with Gasteiger partial charge in [0.05, 0.1) is 0 Å². The van der Waals surface area contributed by atoms with E-state index in [1.807, 2.05) is 18.2 Å². The Kier molecular flexibility index (Phi) is 4.39. The SMILES string of the molecule is C[C@H](Oc1ccccc1)C(=O)N[C@@H]1CCCNC1=O. The maximum Gasteiger partial charge on any atom is 0.261 e. The molecule has 1 aliphatic rings. The number of carbonyl (C=O) groups excluding carboxylic acids is 2. The van der Waals surface area contributed by atoms with E-state index in [9.17, 15) is 9.59 Å². The van der Waals surface area contributed by atoms with E-state index < -0.39 is 12.1 Å². The molecular weight excluding hydrogens is 244 g/mol. The van der Waals surface area contributed by atoms with Gasteiger partial charge in [-0.2, -0.15) is 0 Å². The van der Waals surface area contributed by atoms with Crippen molar-refractivity contribution in [3.63, 3.8) is 0 Å². The number of para-hydroxylation sites is 1. The summed E-state index contributed by atoms with van der Waals surface area (Å²) >= 11 is 0. The average Bonchev–Trinajstić information content (AvgIpc) is 2.42. The predicted octanol–water partition coefficient (Wildman–Crippen LogP) is 0.849. The third kappa shape index (κ3) is 3.71. The quantitative estimate of drug-likeness (QED) is 0.845. The normalized spacial score (nSPS) is 20.3. The third-order valence-electron chi connectivity index (χ3n) is 3.03. The van der Waals surface area contributed by atoms with Crippen molar-refractivity contribution in [2.24, 2.45) is 0 Å². The summed E-state index contributed by atoms with van der Waals surface area (Å²) in [6.45, 7) is 2.35. The van der Waals surface area contributed by atoms with Crippen LogP contribution in [0.5, 0.6) is 5.75 Å². The van der Waals surface area contributed by atoms with Crippen LogP contribution >= 0.6 is 0 Å². The van der Waals surface area contributed by atoms with Crippen molar-refractivity contribution < 1.29 is 14.3 Å². The highest BCUT2D eigenvalue weighted by molar-refractivity contribution is 5.89. The van der Waals surface area contributed by atoms with Crippen molar-refractivity contribution in [2.45, 2.75) is 31.9 Å².